The van der Waals surface area contributed by atoms with Crippen molar-refractivity contribution in [3.63, 3.8) is 0 Å². The van der Waals surface area contributed by atoms with Gasteiger partial charge in [-0.05, 0) is 25.7 Å². The van der Waals surface area contributed by atoms with Crippen LogP contribution in [0, 0.1) is 0 Å². The maximum absolute atomic E-state index is 4.55. The van der Waals surface area contributed by atoms with E-state index in [0.29, 0.717) is 6.04 Å². The normalized spacial score (nSPS) is 20.7. The molecule has 1 aromatic rings. The summed E-state index contributed by atoms with van der Waals surface area (Å²) in [7, 11) is 0. The second kappa shape index (κ2) is 5.42. The Morgan fingerprint density at radius 3 is 3.13 bits per heavy atom. The lowest BCUT2D eigenvalue weighted by Gasteiger charge is -2.18. The summed E-state index contributed by atoms with van der Waals surface area (Å²) in [4.78, 5) is 4.55. The second-order valence-electron chi connectivity index (χ2n) is 3.95. The number of aromatic nitrogens is 1. The second-order valence-corrected chi connectivity index (χ2v) is 4.89. The minimum absolute atomic E-state index is 0.654. The van der Waals surface area contributed by atoms with E-state index in [0.717, 1.165) is 13.0 Å². The molecular weight excluding hydrogens is 204 g/mol. The Labute approximate surface area is 95.4 Å². The minimum Gasteiger partial charge on any atom is -0.308 e. The lowest BCUT2D eigenvalue weighted by molar-refractivity contribution is 0.471. The zero-order chi connectivity index (χ0) is 10.5. The zero-order valence-electron chi connectivity index (χ0n) is 9.20. The molecule has 2 nitrogen and oxygen atoms in total. The minimum atomic E-state index is 0.654. The van der Waals surface area contributed by atoms with Gasteiger partial charge in [-0.1, -0.05) is 19.1 Å². The third-order valence-electron chi connectivity index (χ3n) is 2.74. The Morgan fingerprint density at radius 1 is 1.53 bits per heavy atom. The van der Waals surface area contributed by atoms with Crippen LogP contribution in [0.2, 0.25) is 0 Å². The molecule has 0 bridgehead atoms. The summed E-state index contributed by atoms with van der Waals surface area (Å²) < 4.78 is 0. The van der Waals surface area contributed by atoms with Crippen molar-refractivity contribution < 1.29 is 0 Å². The van der Waals surface area contributed by atoms with Crippen LogP contribution in [-0.2, 0) is 13.0 Å². The Hall–Kier alpha value is -0.670. The van der Waals surface area contributed by atoms with Crippen molar-refractivity contribution in [1.29, 1.82) is 0 Å². The van der Waals surface area contributed by atoms with Crippen LogP contribution in [0.3, 0.4) is 0 Å². The molecule has 0 saturated carbocycles. The van der Waals surface area contributed by atoms with E-state index in [1.54, 1.807) is 11.3 Å². The molecule has 1 unspecified atom stereocenters. The van der Waals surface area contributed by atoms with Gasteiger partial charge < -0.3 is 5.32 Å². The topological polar surface area (TPSA) is 24.9 Å². The van der Waals surface area contributed by atoms with Gasteiger partial charge in [0.05, 0.1) is 10.7 Å². The molecule has 0 aliphatic heterocycles. The Balaban J connectivity index is 1.79. The molecule has 0 amide bonds. The quantitative estimate of drug-likeness (QED) is 0.792. The highest BCUT2D eigenvalue weighted by molar-refractivity contribution is 7.09. The first kappa shape index (κ1) is 10.8. The van der Waals surface area contributed by atoms with E-state index in [2.05, 4.69) is 34.8 Å². The number of nitrogens with one attached hydrogen (secondary N) is 1. The molecule has 0 aromatic carbocycles. The number of rotatable bonds is 4. The molecule has 82 valence electrons. The van der Waals surface area contributed by atoms with E-state index in [1.807, 2.05) is 0 Å². The van der Waals surface area contributed by atoms with E-state index in [4.69, 9.17) is 0 Å². The standard InChI is InChI=1S/C12H18N2S/c1-2-12-14-11(9-15-12)8-13-10-6-4-3-5-7-10/h3-4,9-10,13H,2,5-8H2,1H3. The van der Waals surface area contributed by atoms with Crippen molar-refractivity contribution in [2.45, 2.75) is 45.2 Å². The van der Waals surface area contributed by atoms with Gasteiger partial charge in [0.15, 0.2) is 0 Å². The number of aryl methyl sites for hydroxylation is 1. The van der Waals surface area contributed by atoms with Crippen molar-refractivity contribution in [3.8, 4) is 0 Å². The molecule has 1 atom stereocenters. The van der Waals surface area contributed by atoms with Crippen LogP contribution in [0.4, 0.5) is 0 Å². The highest BCUT2D eigenvalue weighted by Gasteiger charge is 2.09. The van der Waals surface area contributed by atoms with Gasteiger partial charge in [-0.25, -0.2) is 4.98 Å². The third-order valence-corrected chi connectivity index (χ3v) is 3.78. The van der Waals surface area contributed by atoms with Gasteiger partial charge in [0.1, 0.15) is 0 Å². The van der Waals surface area contributed by atoms with Gasteiger partial charge >= 0.3 is 0 Å². The fourth-order valence-electron chi connectivity index (χ4n) is 1.82. The van der Waals surface area contributed by atoms with Gasteiger partial charge in [0, 0.05) is 18.0 Å². The highest BCUT2D eigenvalue weighted by Crippen LogP contribution is 2.13. The van der Waals surface area contributed by atoms with Crippen LogP contribution in [0.15, 0.2) is 17.5 Å². The maximum Gasteiger partial charge on any atom is 0.0926 e. The number of allylic oxidation sites excluding steroid dienone is 1. The molecule has 15 heavy (non-hydrogen) atoms. The Kier molecular flexibility index (Phi) is 3.92. The van der Waals surface area contributed by atoms with Gasteiger partial charge in [0.25, 0.3) is 0 Å². The molecular formula is C12H18N2S. The average Bonchev–Trinajstić information content (AvgIpc) is 2.76. The molecule has 3 heteroatoms. The largest absolute Gasteiger partial charge is 0.308 e. The van der Waals surface area contributed by atoms with Crippen LogP contribution in [0.25, 0.3) is 0 Å². The zero-order valence-corrected chi connectivity index (χ0v) is 10.0. The van der Waals surface area contributed by atoms with Crippen LogP contribution < -0.4 is 5.32 Å². The van der Waals surface area contributed by atoms with E-state index in [9.17, 15) is 0 Å². The van der Waals surface area contributed by atoms with Crippen LogP contribution in [0.5, 0.6) is 0 Å². The summed E-state index contributed by atoms with van der Waals surface area (Å²) in [5, 5.41) is 6.99. The van der Waals surface area contributed by atoms with Crippen molar-refractivity contribution in [2.75, 3.05) is 0 Å². The number of hydrogen-bond donors (Lipinski definition) is 1. The van der Waals surface area contributed by atoms with Crippen molar-refractivity contribution in [1.82, 2.24) is 10.3 Å². The summed E-state index contributed by atoms with van der Waals surface area (Å²) in [5.41, 5.74) is 1.20. The third kappa shape index (κ3) is 3.14. The summed E-state index contributed by atoms with van der Waals surface area (Å²) in [6, 6.07) is 0.654. The van der Waals surface area contributed by atoms with Crippen molar-refractivity contribution in [2.24, 2.45) is 0 Å². The van der Waals surface area contributed by atoms with Crippen LogP contribution in [-0.4, -0.2) is 11.0 Å². The van der Waals surface area contributed by atoms with Gasteiger partial charge in [-0.15, -0.1) is 11.3 Å². The van der Waals surface area contributed by atoms with Crippen molar-refractivity contribution >= 4 is 11.3 Å². The lowest BCUT2D eigenvalue weighted by atomic mass is 10.0. The summed E-state index contributed by atoms with van der Waals surface area (Å²) in [6.07, 6.45) is 9.26. The SMILES string of the molecule is CCc1nc(CNC2CC=CCC2)cs1. The number of hydrogen-bond acceptors (Lipinski definition) is 3. The first-order valence-electron chi connectivity index (χ1n) is 5.70. The lowest BCUT2D eigenvalue weighted by Crippen LogP contribution is -2.29. The average molecular weight is 222 g/mol. The summed E-state index contributed by atoms with van der Waals surface area (Å²) in [6.45, 7) is 3.08. The monoisotopic (exact) mass is 222 g/mol. The molecule has 2 rings (SSSR count). The molecule has 1 aliphatic carbocycles. The molecule has 0 saturated heterocycles. The molecule has 0 spiro atoms. The van der Waals surface area contributed by atoms with Crippen molar-refractivity contribution in [3.05, 3.63) is 28.2 Å². The fourth-order valence-corrected chi connectivity index (χ4v) is 2.57. The molecule has 1 N–H and O–H groups in total. The Morgan fingerprint density at radius 2 is 2.47 bits per heavy atom. The first-order valence-corrected chi connectivity index (χ1v) is 6.58. The number of thiazole rings is 1. The molecule has 0 radical (unpaired) electrons. The highest BCUT2D eigenvalue weighted by atomic mass is 32.1. The predicted molar refractivity (Wildman–Crippen MR) is 65.1 cm³/mol. The molecule has 0 fully saturated rings. The van der Waals surface area contributed by atoms with Gasteiger partial charge in [-0.2, -0.15) is 0 Å². The van der Waals surface area contributed by atoms with E-state index >= 15 is 0 Å². The van der Waals surface area contributed by atoms with Crippen LogP contribution >= 0.6 is 11.3 Å². The van der Waals surface area contributed by atoms with E-state index < -0.39 is 0 Å². The fraction of sp³-hybridized carbons (Fsp3) is 0.583. The Bertz CT molecular complexity index is 330. The predicted octanol–water partition coefficient (Wildman–Crippen LogP) is 2.90. The smallest absolute Gasteiger partial charge is 0.0926 e. The van der Waals surface area contributed by atoms with Gasteiger partial charge in [-0.3, -0.25) is 0 Å². The van der Waals surface area contributed by atoms with Crippen LogP contribution in [0.1, 0.15) is 36.9 Å². The number of nitrogens with zero attached hydrogens (tertiary/aromatic N) is 1. The molecule has 1 heterocycles. The van der Waals surface area contributed by atoms with E-state index in [1.165, 1.54) is 30.0 Å². The molecule has 1 aliphatic rings. The summed E-state index contributed by atoms with van der Waals surface area (Å²) in [5.74, 6) is 0. The first-order chi connectivity index (χ1) is 7.38. The maximum atomic E-state index is 4.55. The summed E-state index contributed by atoms with van der Waals surface area (Å²) >= 11 is 1.77. The van der Waals surface area contributed by atoms with Gasteiger partial charge in [0.2, 0.25) is 0 Å². The van der Waals surface area contributed by atoms with E-state index in [-0.39, 0.29) is 0 Å². The molecule has 1 aromatic heterocycles.